The normalized spacial score (nSPS) is 10.4. The van der Waals surface area contributed by atoms with Gasteiger partial charge in [0.15, 0.2) is 5.13 Å². The van der Waals surface area contributed by atoms with Crippen LogP contribution in [0.2, 0.25) is 0 Å². The van der Waals surface area contributed by atoms with Crippen LogP contribution in [0, 0.1) is 0 Å². The number of nitrogens with one attached hydrogen (secondary N) is 1. The van der Waals surface area contributed by atoms with Crippen LogP contribution in [0.1, 0.15) is 10.4 Å². The highest BCUT2D eigenvalue weighted by Crippen LogP contribution is 2.29. The number of amides is 1. The molecule has 1 aromatic heterocycles. The van der Waals surface area contributed by atoms with Crippen molar-refractivity contribution in [2.24, 2.45) is 5.73 Å². The Labute approximate surface area is 131 Å². The van der Waals surface area contributed by atoms with Gasteiger partial charge in [0.1, 0.15) is 5.75 Å². The second-order valence-corrected chi connectivity index (χ2v) is 5.48. The zero-order chi connectivity index (χ0) is 15.5. The van der Waals surface area contributed by atoms with Gasteiger partial charge in [0.05, 0.1) is 11.3 Å². The van der Waals surface area contributed by atoms with Crippen LogP contribution in [0.3, 0.4) is 0 Å². The number of rotatable bonds is 4. The number of para-hydroxylation sites is 1. The van der Waals surface area contributed by atoms with Crippen molar-refractivity contribution in [2.45, 2.75) is 0 Å². The van der Waals surface area contributed by atoms with Gasteiger partial charge in [-0.2, -0.15) is 0 Å². The van der Waals surface area contributed by atoms with E-state index < -0.39 is 5.91 Å². The van der Waals surface area contributed by atoms with E-state index in [2.05, 4.69) is 10.3 Å². The minimum Gasteiger partial charge on any atom is -0.507 e. The molecule has 0 atom stereocenters. The lowest BCUT2D eigenvalue weighted by atomic mass is 10.1. The maximum Gasteiger partial charge on any atom is 0.252 e. The third-order valence-corrected chi connectivity index (χ3v) is 3.84. The first-order chi connectivity index (χ1) is 10.6. The molecule has 6 heteroatoms. The molecule has 0 aliphatic carbocycles. The van der Waals surface area contributed by atoms with Gasteiger partial charge < -0.3 is 16.2 Å². The van der Waals surface area contributed by atoms with Crippen molar-refractivity contribution in [1.29, 1.82) is 0 Å². The minimum absolute atomic E-state index is 0.0862. The number of phenols is 1. The van der Waals surface area contributed by atoms with Gasteiger partial charge in [-0.05, 0) is 30.3 Å². The second kappa shape index (κ2) is 5.87. The number of anilines is 2. The lowest BCUT2D eigenvalue weighted by Gasteiger charge is -2.03. The Balaban J connectivity index is 1.88. The van der Waals surface area contributed by atoms with Gasteiger partial charge in [-0.15, -0.1) is 11.3 Å². The fourth-order valence-corrected chi connectivity index (χ4v) is 2.74. The molecule has 0 fully saturated rings. The lowest BCUT2D eigenvalue weighted by Crippen LogP contribution is -2.11. The number of nitrogens with zero attached hydrogens (tertiary/aromatic N) is 1. The zero-order valence-electron chi connectivity index (χ0n) is 11.5. The number of carbonyl (C=O) groups is 1. The van der Waals surface area contributed by atoms with Gasteiger partial charge in [-0.25, -0.2) is 4.98 Å². The van der Waals surface area contributed by atoms with Crippen LogP contribution in [-0.4, -0.2) is 16.0 Å². The molecule has 5 nitrogen and oxygen atoms in total. The smallest absolute Gasteiger partial charge is 0.252 e. The minimum atomic E-state index is -0.669. The van der Waals surface area contributed by atoms with Crippen molar-refractivity contribution in [3.8, 4) is 17.0 Å². The van der Waals surface area contributed by atoms with Crippen molar-refractivity contribution in [3.05, 3.63) is 59.5 Å². The highest BCUT2D eigenvalue weighted by Gasteiger charge is 2.11. The van der Waals surface area contributed by atoms with E-state index in [0.717, 1.165) is 16.4 Å². The molecule has 2 aromatic carbocycles. The molecule has 1 heterocycles. The molecule has 3 aromatic rings. The van der Waals surface area contributed by atoms with Gasteiger partial charge in [-0.3, -0.25) is 4.79 Å². The van der Waals surface area contributed by atoms with E-state index in [9.17, 15) is 9.90 Å². The molecule has 0 bridgehead atoms. The number of aromatic nitrogens is 1. The number of benzene rings is 2. The second-order valence-electron chi connectivity index (χ2n) is 4.63. The predicted octanol–water partition coefficient (Wildman–Crippen LogP) is 3.36. The number of hydrogen-bond donors (Lipinski definition) is 3. The molecule has 110 valence electrons. The van der Waals surface area contributed by atoms with Crippen LogP contribution < -0.4 is 11.1 Å². The number of carbonyl (C=O) groups excluding carboxylic acids is 1. The summed E-state index contributed by atoms with van der Waals surface area (Å²) in [5.41, 5.74) is 7.72. The fourth-order valence-electron chi connectivity index (χ4n) is 2.00. The number of primary amides is 1. The van der Waals surface area contributed by atoms with E-state index in [4.69, 9.17) is 5.73 Å². The van der Waals surface area contributed by atoms with Crippen LogP contribution >= 0.6 is 11.3 Å². The third kappa shape index (κ3) is 2.91. The van der Waals surface area contributed by atoms with Crippen molar-refractivity contribution >= 4 is 28.1 Å². The molecule has 4 N–H and O–H groups in total. The Morgan fingerprint density at radius 1 is 1.18 bits per heavy atom. The average molecular weight is 311 g/mol. The summed E-state index contributed by atoms with van der Waals surface area (Å²) in [6.45, 7) is 0. The molecule has 0 saturated carbocycles. The summed E-state index contributed by atoms with van der Waals surface area (Å²) in [6, 6.07) is 14.4. The molecule has 0 unspecified atom stereocenters. The van der Waals surface area contributed by atoms with E-state index in [1.807, 2.05) is 35.7 Å². The van der Waals surface area contributed by atoms with Crippen LogP contribution in [0.15, 0.2) is 53.9 Å². The van der Waals surface area contributed by atoms with E-state index >= 15 is 0 Å². The summed E-state index contributed by atoms with van der Waals surface area (Å²) < 4.78 is 0. The highest BCUT2D eigenvalue weighted by atomic mass is 32.1. The third-order valence-electron chi connectivity index (χ3n) is 3.09. The Morgan fingerprint density at radius 3 is 2.68 bits per heavy atom. The van der Waals surface area contributed by atoms with Crippen LogP contribution in [-0.2, 0) is 0 Å². The van der Waals surface area contributed by atoms with Gasteiger partial charge in [-0.1, -0.05) is 18.2 Å². The van der Waals surface area contributed by atoms with Gasteiger partial charge in [0.2, 0.25) is 0 Å². The van der Waals surface area contributed by atoms with Gasteiger partial charge in [0, 0.05) is 16.6 Å². The first-order valence-corrected chi connectivity index (χ1v) is 7.42. The molecular formula is C16H13N3O2S. The number of aromatic hydroxyl groups is 1. The molecule has 1 amide bonds. The summed E-state index contributed by atoms with van der Waals surface area (Å²) in [7, 11) is 0. The van der Waals surface area contributed by atoms with E-state index in [-0.39, 0.29) is 11.3 Å². The molecular weight excluding hydrogens is 298 g/mol. The van der Waals surface area contributed by atoms with Crippen molar-refractivity contribution in [1.82, 2.24) is 4.98 Å². The summed E-state index contributed by atoms with van der Waals surface area (Å²) in [5.74, 6) is -0.800. The fraction of sp³-hybridized carbons (Fsp3) is 0. The van der Waals surface area contributed by atoms with Crippen LogP contribution in [0.5, 0.6) is 5.75 Å². The quantitative estimate of drug-likeness (QED) is 0.689. The predicted molar refractivity (Wildman–Crippen MR) is 87.5 cm³/mol. The Kier molecular flexibility index (Phi) is 3.76. The SMILES string of the molecule is NC(=O)c1cc(-c2csc(Nc3ccccc3)n2)ccc1O. The molecule has 0 aliphatic rings. The van der Waals surface area contributed by atoms with Crippen LogP contribution in [0.25, 0.3) is 11.3 Å². The van der Waals surface area contributed by atoms with Crippen molar-refractivity contribution in [2.75, 3.05) is 5.32 Å². The molecule has 3 rings (SSSR count). The molecule has 22 heavy (non-hydrogen) atoms. The van der Waals surface area contributed by atoms with E-state index in [1.54, 1.807) is 12.1 Å². The maximum atomic E-state index is 11.3. The number of nitrogens with two attached hydrogens (primary N) is 1. The van der Waals surface area contributed by atoms with E-state index in [1.165, 1.54) is 17.4 Å². The maximum absolute atomic E-state index is 11.3. The monoisotopic (exact) mass is 311 g/mol. The molecule has 0 aliphatic heterocycles. The Morgan fingerprint density at radius 2 is 1.95 bits per heavy atom. The molecule has 0 radical (unpaired) electrons. The number of thiazole rings is 1. The first kappa shape index (κ1) is 14.1. The standard InChI is InChI=1S/C16H13N3O2S/c17-15(21)12-8-10(6-7-14(12)20)13-9-22-16(19-13)18-11-4-2-1-3-5-11/h1-9,20H,(H2,17,21)(H,18,19). The molecule has 0 spiro atoms. The summed E-state index contributed by atoms with van der Waals surface area (Å²) in [6.07, 6.45) is 0. The van der Waals surface area contributed by atoms with Crippen LogP contribution in [0.4, 0.5) is 10.8 Å². The Hall–Kier alpha value is -2.86. The van der Waals surface area contributed by atoms with E-state index in [0.29, 0.717) is 5.69 Å². The Bertz CT molecular complexity index is 815. The van der Waals surface area contributed by atoms with Gasteiger partial charge >= 0.3 is 0 Å². The largest absolute Gasteiger partial charge is 0.507 e. The topological polar surface area (TPSA) is 88.2 Å². The highest BCUT2D eigenvalue weighted by molar-refractivity contribution is 7.14. The molecule has 0 saturated heterocycles. The van der Waals surface area contributed by atoms with Gasteiger partial charge in [0.25, 0.3) is 5.91 Å². The van der Waals surface area contributed by atoms with Crippen molar-refractivity contribution in [3.63, 3.8) is 0 Å². The summed E-state index contributed by atoms with van der Waals surface area (Å²) in [5, 5.41) is 15.5. The van der Waals surface area contributed by atoms with Crippen molar-refractivity contribution < 1.29 is 9.90 Å². The zero-order valence-corrected chi connectivity index (χ0v) is 12.3. The lowest BCUT2D eigenvalue weighted by molar-refractivity contribution is 0.0998. The summed E-state index contributed by atoms with van der Waals surface area (Å²) >= 11 is 1.46. The summed E-state index contributed by atoms with van der Waals surface area (Å²) in [4.78, 5) is 15.8. The average Bonchev–Trinajstić information content (AvgIpc) is 2.97. The first-order valence-electron chi connectivity index (χ1n) is 6.54. The number of hydrogen-bond acceptors (Lipinski definition) is 5.